The second-order valence-electron chi connectivity index (χ2n) is 6.37. The second kappa shape index (κ2) is 10.6. The van der Waals surface area contributed by atoms with Crippen LogP contribution in [0.4, 0.5) is 4.39 Å². The summed E-state index contributed by atoms with van der Waals surface area (Å²) >= 11 is 1.39. The van der Waals surface area contributed by atoms with Crippen LogP contribution in [0.1, 0.15) is 23.3 Å². The summed E-state index contributed by atoms with van der Waals surface area (Å²) in [4.78, 5) is 16.7. The van der Waals surface area contributed by atoms with E-state index >= 15 is 0 Å². The maximum absolute atomic E-state index is 12.8. The Bertz CT molecular complexity index is 976. The normalized spacial score (nSPS) is 10.5. The number of hydrogen-bond donors (Lipinski definition) is 1. The van der Waals surface area contributed by atoms with Crippen LogP contribution in [-0.2, 0) is 0 Å². The van der Waals surface area contributed by atoms with Crippen molar-refractivity contribution in [3.8, 4) is 27.8 Å². The lowest BCUT2D eigenvalue weighted by Gasteiger charge is -2.08. The Balaban J connectivity index is 1.44. The third-order valence-electron chi connectivity index (χ3n) is 4.31. The zero-order chi connectivity index (χ0) is 21.3. The number of rotatable bonds is 10. The monoisotopic (exact) mass is 430 g/mol. The lowest BCUT2D eigenvalue weighted by molar-refractivity contribution is 0.0948. The molecule has 0 aliphatic rings. The number of thiazole rings is 1. The maximum atomic E-state index is 12.8. The van der Waals surface area contributed by atoms with E-state index in [0.29, 0.717) is 36.1 Å². The third-order valence-corrected chi connectivity index (χ3v) is 5.20. The summed E-state index contributed by atoms with van der Waals surface area (Å²) in [5, 5.41) is 5.33. The van der Waals surface area contributed by atoms with Crippen LogP contribution < -0.4 is 19.5 Å². The molecule has 1 N–H and O–H groups in total. The fourth-order valence-electron chi connectivity index (χ4n) is 2.72. The van der Waals surface area contributed by atoms with Gasteiger partial charge in [-0.05, 0) is 55.3 Å². The molecule has 0 aliphatic heterocycles. The summed E-state index contributed by atoms with van der Waals surface area (Å²) in [6.07, 6.45) is 1.53. The lowest BCUT2D eigenvalue weighted by Crippen LogP contribution is -2.25. The molecule has 2 aromatic carbocycles. The van der Waals surface area contributed by atoms with Crippen molar-refractivity contribution in [1.29, 1.82) is 0 Å². The number of carbonyl (C=O) groups is 1. The highest BCUT2D eigenvalue weighted by Gasteiger charge is 2.13. The van der Waals surface area contributed by atoms with Gasteiger partial charge in [0, 0.05) is 17.5 Å². The molecule has 0 saturated carbocycles. The number of carbonyl (C=O) groups excluding carboxylic acids is 1. The summed E-state index contributed by atoms with van der Waals surface area (Å²) in [5.41, 5.74) is 1.24. The van der Waals surface area contributed by atoms with E-state index < -0.39 is 0 Å². The van der Waals surface area contributed by atoms with Crippen LogP contribution in [0, 0.1) is 5.82 Å². The average molecular weight is 431 g/mol. The molecular weight excluding hydrogens is 407 g/mol. The first kappa shape index (κ1) is 21.6. The van der Waals surface area contributed by atoms with Gasteiger partial charge in [0.05, 0.1) is 20.8 Å². The van der Waals surface area contributed by atoms with Gasteiger partial charge in [-0.3, -0.25) is 4.79 Å². The highest BCUT2D eigenvalue weighted by Crippen LogP contribution is 2.33. The van der Waals surface area contributed by atoms with E-state index in [1.165, 1.54) is 23.5 Å². The summed E-state index contributed by atoms with van der Waals surface area (Å²) in [5.74, 6) is 1.38. The molecule has 1 amide bonds. The Morgan fingerprint density at radius 2 is 1.83 bits per heavy atom. The van der Waals surface area contributed by atoms with Gasteiger partial charge in [-0.15, -0.1) is 11.3 Å². The van der Waals surface area contributed by atoms with Crippen molar-refractivity contribution >= 4 is 17.2 Å². The van der Waals surface area contributed by atoms with Crippen molar-refractivity contribution in [1.82, 2.24) is 10.3 Å². The number of hydrogen-bond acceptors (Lipinski definition) is 6. The predicted molar refractivity (Wildman–Crippen MR) is 114 cm³/mol. The molecule has 8 heteroatoms. The van der Waals surface area contributed by atoms with Crippen molar-refractivity contribution in [2.75, 3.05) is 27.4 Å². The van der Waals surface area contributed by atoms with E-state index in [9.17, 15) is 9.18 Å². The van der Waals surface area contributed by atoms with Gasteiger partial charge in [0.2, 0.25) is 0 Å². The summed E-state index contributed by atoms with van der Waals surface area (Å²) in [6.45, 7) is 1.02. The van der Waals surface area contributed by atoms with E-state index in [2.05, 4.69) is 10.3 Å². The highest BCUT2D eigenvalue weighted by molar-refractivity contribution is 7.13. The minimum atomic E-state index is -0.290. The molecule has 0 bridgehead atoms. The molecule has 1 heterocycles. The first-order valence-corrected chi connectivity index (χ1v) is 10.3. The quantitative estimate of drug-likeness (QED) is 0.478. The van der Waals surface area contributed by atoms with Crippen LogP contribution in [0.3, 0.4) is 0 Å². The Morgan fingerprint density at radius 3 is 2.57 bits per heavy atom. The van der Waals surface area contributed by atoms with E-state index in [1.807, 2.05) is 18.2 Å². The van der Waals surface area contributed by atoms with Crippen LogP contribution >= 0.6 is 11.3 Å². The Labute approximate surface area is 178 Å². The van der Waals surface area contributed by atoms with Gasteiger partial charge >= 0.3 is 0 Å². The topological polar surface area (TPSA) is 69.7 Å². The van der Waals surface area contributed by atoms with E-state index in [4.69, 9.17) is 14.2 Å². The van der Waals surface area contributed by atoms with Crippen molar-refractivity contribution < 1.29 is 23.4 Å². The molecule has 0 atom stereocenters. The second-order valence-corrected chi connectivity index (χ2v) is 7.23. The van der Waals surface area contributed by atoms with Gasteiger partial charge in [-0.1, -0.05) is 0 Å². The number of aromatic nitrogens is 1. The van der Waals surface area contributed by atoms with Crippen LogP contribution in [0.25, 0.3) is 10.6 Å². The van der Waals surface area contributed by atoms with Crippen LogP contribution in [-0.4, -0.2) is 38.3 Å². The predicted octanol–water partition coefficient (Wildman–Crippen LogP) is 4.56. The number of halogens is 1. The molecule has 0 radical (unpaired) electrons. The van der Waals surface area contributed by atoms with Gasteiger partial charge in [0.25, 0.3) is 5.91 Å². The summed E-state index contributed by atoms with van der Waals surface area (Å²) < 4.78 is 28.9. The largest absolute Gasteiger partial charge is 0.494 e. The molecule has 0 unspecified atom stereocenters. The van der Waals surface area contributed by atoms with Crippen molar-refractivity contribution in [2.24, 2.45) is 0 Å². The fourth-order valence-corrected chi connectivity index (χ4v) is 3.52. The van der Waals surface area contributed by atoms with Gasteiger partial charge in [0.15, 0.2) is 11.5 Å². The first-order valence-electron chi connectivity index (χ1n) is 9.45. The standard InChI is InChI=1S/C22H23FN2O4S/c1-27-19-10-5-15(13-20(19)28-2)22-25-18(14-30-22)21(26)24-11-3-4-12-29-17-8-6-16(23)7-9-17/h5-10,13-14H,3-4,11-12H2,1-2H3,(H,24,26). The van der Waals surface area contributed by atoms with E-state index in [1.54, 1.807) is 31.7 Å². The highest BCUT2D eigenvalue weighted by atomic mass is 32.1. The number of nitrogens with one attached hydrogen (secondary N) is 1. The summed E-state index contributed by atoms with van der Waals surface area (Å²) in [7, 11) is 3.16. The van der Waals surface area contributed by atoms with Crippen molar-refractivity contribution in [3.05, 3.63) is 59.4 Å². The van der Waals surface area contributed by atoms with Gasteiger partial charge < -0.3 is 19.5 Å². The van der Waals surface area contributed by atoms with Crippen LogP contribution in [0.2, 0.25) is 0 Å². The van der Waals surface area contributed by atoms with Crippen molar-refractivity contribution in [2.45, 2.75) is 12.8 Å². The minimum absolute atomic E-state index is 0.211. The molecular formula is C22H23FN2O4S. The molecule has 0 saturated heterocycles. The summed E-state index contributed by atoms with van der Waals surface area (Å²) in [6, 6.07) is 11.4. The minimum Gasteiger partial charge on any atom is -0.494 e. The van der Waals surface area contributed by atoms with Crippen molar-refractivity contribution in [3.63, 3.8) is 0 Å². The van der Waals surface area contributed by atoms with Gasteiger partial charge in [0.1, 0.15) is 22.3 Å². The molecule has 3 aromatic rings. The number of unbranched alkanes of at least 4 members (excludes halogenated alkanes) is 1. The van der Waals surface area contributed by atoms with Gasteiger partial charge in [-0.2, -0.15) is 0 Å². The number of amides is 1. The van der Waals surface area contributed by atoms with Gasteiger partial charge in [-0.25, -0.2) is 9.37 Å². The third kappa shape index (κ3) is 5.70. The molecule has 3 rings (SSSR count). The zero-order valence-electron chi connectivity index (χ0n) is 16.8. The fraction of sp³-hybridized carbons (Fsp3) is 0.273. The Morgan fingerprint density at radius 1 is 1.07 bits per heavy atom. The van der Waals surface area contributed by atoms with E-state index in [-0.39, 0.29) is 11.7 Å². The maximum Gasteiger partial charge on any atom is 0.270 e. The zero-order valence-corrected chi connectivity index (χ0v) is 17.6. The molecule has 6 nitrogen and oxygen atoms in total. The molecule has 158 valence electrons. The number of benzene rings is 2. The van der Waals surface area contributed by atoms with E-state index in [0.717, 1.165) is 23.4 Å². The number of methoxy groups -OCH3 is 2. The Kier molecular flexibility index (Phi) is 7.62. The molecule has 30 heavy (non-hydrogen) atoms. The first-order chi connectivity index (χ1) is 14.6. The van der Waals surface area contributed by atoms with Crippen LogP contribution in [0.15, 0.2) is 47.8 Å². The van der Waals surface area contributed by atoms with Crippen LogP contribution in [0.5, 0.6) is 17.2 Å². The smallest absolute Gasteiger partial charge is 0.270 e. The average Bonchev–Trinajstić information content (AvgIpc) is 3.27. The Hall–Kier alpha value is -3.13. The molecule has 0 spiro atoms. The number of ether oxygens (including phenoxy) is 3. The SMILES string of the molecule is COc1ccc(-c2nc(C(=O)NCCCCOc3ccc(F)cc3)cs2)cc1OC. The molecule has 0 fully saturated rings. The molecule has 1 aromatic heterocycles. The number of nitrogens with zero attached hydrogens (tertiary/aromatic N) is 1. The lowest BCUT2D eigenvalue weighted by atomic mass is 10.2. The molecule has 0 aliphatic carbocycles.